The van der Waals surface area contributed by atoms with E-state index in [0.717, 1.165) is 0 Å². The highest BCUT2D eigenvalue weighted by molar-refractivity contribution is 4.60. The Bertz CT molecular complexity index is 493. The zero-order valence-electron chi connectivity index (χ0n) is 23.3. The summed E-state index contributed by atoms with van der Waals surface area (Å²) >= 11 is 0. The predicted octanol–water partition coefficient (Wildman–Crippen LogP) is 3.36. The van der Waals surface area contributed by atoms with Gasteiger partial charge >= 0.3 is 0 Å². The summed E-state index contributed by atoms with van der Waals surface area (Å²) in [4.78, 5) is 0. The van der Waals surface area contributed by atoms with Gasteiger partial charge in [0.05, 0.1) is 102 Å². The molecule has 8 atom stereocenters. The first-order valence-corrected chi connectivity index (χ1v) is 12.8. The molecule has 0 aromatic carbocycles. The molecule has 35 heavy (non-hydrogen) atoms. The molecule has 0 aliphatic carbocycles. The second-order valence-corrected chi connectivity index (χ2v) is 9.30. The van der Waals surface area contributed by atoms with Gasteiger partial charge in [-0.2, -0.15) is 0 Å². The van der Waals surface area contributed by atoms with E-state index >= 15 is 0 Å². The van der Waals surface area contributed by atoms with Crippen LogP contribution in [0.2, 0.25) is 0 Å². The van der Waals surface area contributed by atoms with Crippen molar-refractivity contribution in [1.82, 2.24) is 0 Å². The lowest BCUT2D eigenvalue weighted by Crippen LogP contribution is -2.30. The monoisotopic (exact) mass is 508 g/mol. The molecular weight excluding hydrogens is 456 g/mol. The van der Waals surface area contributed by atoms with Crippen LogP contribution in [0.1, 0.15) is 55.4 Å². The summed E-state index contributed by atoms with van der Waals surface area (Å²) in [5.74, 6) is 0. The molecule has 1 N–H and O–H groups in total. The quantitative estimate of drug-likeness (QED) is 0.197. The summed E-state index contributed by atoms with van der Waals surface area (Å²) in [5, 5.41) is 8.98. The molecule has 0 bridgehead atoms. The summed E-state index contributed by atoms with van der Waals surface area (Å²) in [6.07, 6.45) is 0.878. The maximum atomic E-state index is 8.98. The molecule has 0 aromatic heterocycles. The Hall–Kier alpha value is -0.780. The van der Waals surface area contributed by atoms with Crippen LogP contribution in [0, 0.1) is 0 Å². The van der Waals surface area contributed by atoms with Crippen LogP contribution in [0.15, 0.2) is 12.8 Å². The standard InChI is InChI=1S/C26H52O9/c1-10-28-20(3)12-30-22(5)14-32-24(7)16-34-26(9)18-35-25(8)17-33-23(6)15-31-21(4)13-29-19(2)11-27/h10,19-27H,1,11-18H2,2-9H3. The lowest BCUT2D eigenvalue weighted by Gasteiger charge is -2.23. The zero-order valence-corrected chi connectivity index (χ0v) is 23.3. The highest BCUT2D eigenvalue weighted by atomic mass is 16.6. The number of rotatable bonds is 24. The van der Waals surface area contributed by atoms with Gasteiger partial charge in [-0.3, -0.25) is 0 Å². The molecule has 8 unspecified atom stereocenters. The average Bonchev–Trinajstić information content (AvgIpc) is 2.84. The molecule has 0 aliphatic rings. The second kappa shape index (κ2) is 21.3. The van der Waals surface area contributed by atoms with Crippen LogP contribution in [-0.2, 0) is 37.9 Å². The lowest BCUT2D eigenvalue weighted by molar-refractivity contribution is -0.108. The van der Waals surface area contributed by atoms with Gasteiger partial charge in [-0.25, -0.2) is 0 Å². The van der Waals surface area contributed by atoms with E-state index in [9.17, 15) is 0 Å². The highest BCUT2D eigenvalue weighted by Gasteiger charge is 2.14. The van der Waals surface area contributed by atoms with Crippen molar-refractivity contribution in [2.24, 2.45) is 0 Å². The fraction of sp³-hybridized carbons (Fsp3) is 0.923. The predicted molar refractivity (Wildman–Crippen MR) is 136 cm³/mol. The summed E-state index contributed by atoms with van der Waals surface area (Å²) in [6, 6.07) is 0. The van der Waals surface area contributed by atoms with E-state index in [1.807, 2.05) is 55.4 Å². The third kappa shape index (κ3) is 21.0. The van der Waals surface area contributed by atoms with Gasteiger partial charge < -0.3 is 43.0 Å². The van der Waals surface area contributed by atoms with Gasteiger partial charge in [-0.15, -0.1) is 0 Å². The number of ether oxygens (including phenoxy) is 8. The highest BCUT2D eigenvalue weighted by Crippen LogP contribution is 2.05. The molecule has 210 valence electrons. The molecule has 0 amide bonds. The number of aliphatic hydroxyl groups excluding tert-OH is 1. The van der Waals surface area contributed by atoms with Crippen molar-refractivity contribution < 1.29 is 43.0 Å². The van der Waals surface area contributed by atoms with Gasteiger partial charge in [0.25, 0.3) is 0 Å². The molecule has 9 heteroatoms. The Labute approximate surface area is 213 Å². The van der Waals surface area contributed by atoms with Crippen LogP contribution < -0.4 is 0 Å². The molecule has 0 saturated carbocycles. The van der Waals surface area contributed by atoms with Crippen molar-refractivity contribution >= 4 is 0 Å². The van der Waals surface area contributed by atoms with Crippen LogP contribution in [-0.4, -0.2) is 107 Å². The van der Waals surface area contributed by atoms with E-state index in [4.69, 9.17) is 43.0 Å². The Morgan fingerprint density at radius 1 is 0.457 bits per heavy atom. The fourth-order valence-corrected chi connectivity index (χ4v) is 2.64. The Morgan fingerprint density at radius 3 is 0.914 bits per heavy atom. The normalized spacial score (nSPS) is 18.8. The van der Waals surface area contributed by atoms with E-state index in [1.54, 1.807) is 0 Å². The van der Waals surface area contributed by atoms with E-state index < -0.39 is 0 Å². The number of hydrogen-bond acceptors (Lipinski definition) is 9. The van der Waals surface area contributed by atoms with Gasteiger partial charge in [0.15, 0.2) is 0 Å². The van der Waals surface area contributed by atoms with Crippen LogP contribution in [0.4, 0.5) is 0 Å². The van der Waals surface area contributed by atoms with E-state index in [-0.39, 0.29) is 55.4 Å². The van der Waals surface area contributed by atoms with E-state index in [2.05, 4.69) is 6.58 Å². The maximum absolute atomic E-state index is 8.98. The second-order valence-electron chi connectivity index (χ2n) is 9.30. The van der Waals surface area contributed by atoms with E-state index in [1.165, 1.54) is 6.26 Å². The van der Waals surface area contributed by atoms with Gasteiger partial charge in [0.1, 0.15) is 6.10 Å². The number of hydrogen-bond donors (Lipinski definition) is 1. The SMILES string of the molecule is C=COC(C)COC(C)COC(C)COC(C)COC(C)COC(C)COC(C)COC(C)CO. The lowest BCUT2D eigenvalue weighted by atomic mass is 10.3. The molecule has 0 spiro atoms. The molecule has 0 radical (unpaired) electrons. The van der Waals surface area contributed by atoms with Crippen molar-refractivity contribution in [3.63, 3.8) is 0 Å². The molecule has 0 aliphatic heterocycles. The Kier molecular flexibility index (Phi) is 20.8. The van der Waals surface area contributed by atoms with Crippen molar-refractivity contribution in [2.75, 3.05) is 52.9 Å². The van der Waals surface area contributed by atoms with Crippen molar-refractivity contribution in [3.05, 3.63) is 12.8 Å². The minimum Gasteiger partial charge on any atom is -0.497 e. The summed E-state index contributed by atoms with van der Waals surface area (Å²) in [5.41, 5.74) is 0. The van der Waals surface area contributed by atoms with Crippen LogP contribution in [0.5, 0.6) is 0 Å². The molecule has 0 rings (SSSR count). The van der Waals surface area contributed by atoms with Crippen molar-refractivity contribution in [2.45, 2.75) is 104 Å². The molecule has 0 heterocycles. The molecular formula is C26H52O9. The minimum atomic E-state index is -0.185. The average molecular weight is 509 g/mol. The minimum absolute atomic E-state index is 0.00217. The van der Waals surface area contributed by atoms with Gasteiger partial charge in [-0.1, -0.05) is 6.58 Å². The Balaban J connectivity index is 3.84. The topological polar surface area (TPSA) is 94.1 Å². The molecule has 0 aromatic rings. The maximum Gasteiger partial charge on any atom is 0.118 e. The molecule has 0 saturated heterocycles. The van der Waals surface area contributed by atoms with Crippen molar-refractivity contribution in [3.8, 4) is 0 Å². The smallest absolute Gasteiger partial charge is 0.118 e. The fourth-order valence-electron chi connectivity index (χ4n) is 2.64. The molecule has 0 fully saturated rings. The van der Waals surface area contributed by atoms with Gasteiger partial charge in [0, 0.05) is 0 Å². The number of aliphatic hydroxyl groups is 1. The van der Waals surface area contributed by atoms with Crippen LogP contribution >= 0.6 is 0 Å². The van der Waals surface area contributed by atoms with Crippen molar-refractivity contribution in [1.29, 1.82) is 0 Å². The zero-order chi connectivity index (χ0) is 26.6. The summed E-state index contributed by atoms with van der Waals surface area (Å²) in [7, 11) is 0. The van der Waals surface area contributed by atoms with Gasteiger partial charge in [0.2, 0.25) is 0 Å². The Morgan fingerprint density at radius 2 is 0.686 bits per heavy atom. The van der Waals surface area contributed by atoms with Crippen LogP contribution in [0.25, 0.3) is 0 Å². The first-order valence-electron chi connectivity index (χ1n) is 12.8. The van der Waals surface area contributed by atoms with E-state index in [0.29, 0.717) is 46.2 Å². The largest absolute Gasteiger partial charge is 0.497 e. The van der Waals surface area contributed by atoms with Crippen LogP contribution in [0.3, 0.4) is 0 Å². The third-order valence-electron chi connectivity index (χ3n) is 4.89. The third-order valence-corrected chi connectivity index (χ3v) is 4.89. The molecule has 9 nitrogen and oxygen atoms in total. The summed E-state index contributed by atoms with van der Waals surface area (Å²) in [6.45, 7) is 22.4. The first kappa shape index (κ1) is 34.2. The first-order chi connectivity index (χ1) is 16.6. The summed E-state index contributed by atoms with van der Waals surface area (Å²) < 4.78 is 45.4. The van der Waals surface area contributed by atoms with Gasteiger partial charge in [-0.05, 0) is 55.4 Å².